The number of nitrogens with zero attached hydrogens (tertiary/aromatic N) is 1. The number of nitrogens with two attached hydrogens (primary N) is 1. The molecule has 0 aliphatic carbocycles. The maximum Gasteiger partial charge on any atom is 0.255 e. The van der Waals surface area contributed by atoms with Crippen LogP contribution in [0.3, 0.4) is 0 Å². The van der Waals surface area contributed by atoms with Gasteiger partial charge >= 0.3 is 0 Å². The van der Waals surface area contributed by atoms with Gasteiger partial charge in [-0.15, -0.1) is 0 Å². The van der Waals surface area contributed by atoms with Gasteiger partial charge in [0.25, 0.3) is 5.91 Å². The van der Waals surface area contributed by atoms with Gasteiger partial charge in [0.2, 0.25) is 0 Å². The van der Waals surface area contributed by atoms with Gasteiger partial charge in [-0.05, 0) is 12.0 Å². The molecule has 1 aromatic rings. The van der Waals surface area contributed by atoms with Crippen LogP contribution >= 0.6 is 0 Å². The molecule has 88 valence electrons. The minimum Gasteiger partial charge on any atom is -0.505 e. The summed E-state index contributed by atoms with van der Waals surface area (Å²) in [5, 5.41) is 12.1. The lowest BCUT2D eigenvalue weighted by Gasteiger charge is -2.16. The molecule has 5 nitrogen and oxygen atoms in total. The van der Waals surface area contributed by atoms with Gasteiger partial charge < -0.3 is 16.2 Å². The van der Waals surface area contributed by atoms with Crippen LogP contribution in [-0.2, 0) is 0 Å². The molecule has 0 fully saturated rings. The Kier molecular flexibility index (Phi) is 4.25. The average molecular weight is 223 g/mol. The van der Waals surface area contributed by atoms with Crippen LogP contribution < -0.4 is 11.1 Å². The first-order valence-electron chi connectivity index (χ1n) is 5.19. The summed E-state index contributed by atoms with van der Waals surface area (Å²) in [5.41, 5.74) is 6.01. The summed E-state index contributed by atoms with van der Waals surface area (Å²) in [6, 6.07) is 1.37. The van der Waals surface area contributed by atoms with Gasteiger partial charge in [0.15, 0.2) is 0 Å². The zero-order valence-electron chi connectivity index (χ0n) is 9.47. The van der Waals surface area contributed by atoms with Crippen LogP contribution in [0, 0.1) is 5.92 Å². The van der Waals surface area contributed by atoms with Crippen molar-refractivity contribution in [3.8, 4) is 5.75 Å². The van der Waals surface area contributed by atoms with Crippen molar-refractivity contribution < 1.29 is 9.90 Å². The predicted octanol–water partition coefficient (Wildman–Crippen LogP) is 0.500. The number of hydrogen-bond donors (Lipinski definition) is 3. The van der Waals surface area contributed by atoms with E-state index in [4.69, 9.17) is 5.73 Å². The zero-order valence-corrected chi connectivity index (χ0v) is 9.47. The smallest absolute Gasteiger partial charge is 0.255 e. The molecule has 1 aromatic heterocycles. The highest BCUT2D eigenvalue weighted by molar-refractivity contribution is 5.96. The van der Waals surface area contributed by atoms with E-state index in [9.17, 15) is 9.90 Å². The van der Waals surface area contributed by atoms with Crippen LogP contribution in [0.15, 0.2) is 18.5 Å². The normalized spacial score (nSPS) is 12.5. The summed E-state index contributed by atoms with van der Waals surface area (Å²) in [7, 11) is 0. The summed E-state index contributed by atoms with van der Waals surface area (Å²) in [6.45, 7) is 4.36. The minimum absolute atomic E-state index is 0.0899. The summed E-state index contributed by atoms with van der Waals surface area (Å²) in [4.78, 5) is 15.3. The number of rotatable bonds is 4. The van der Waals surface area contributed by atoms with E-state index < -0.39 is 0 Å². The van der Waals surface area contributed by atoms with Crippen molar-refractivity contribution in [2.45, 2.75) is 19.9 Å². The van der Waals surface area contributed by atoms with E-state index in [0.29, 0.717) is 12.5 Å². The molecule has 0 saturated carbocycles. The van der Waals surface area contributed by atoms with Gasteiger partial charge in [-0.3, -0.25) is 9.78 Å². The van der Waals surface area contributed by atoms with Crippen LogP contribution in [0.1, 0.15) is 24.2 Å². The molecular formula is C11H17N3O2. The Balaban J connectivity index is 2.57. The zero-order chi connectivity index (χ0) is 12.1. The Morgan fingerprint density at radius 3 is 2.88 bits per heavy atom. The molecule has 1 unspecified atom stereocenters. The monoisotopic (exact) mass is 223 g/mol. The largest absolute Gasteiger partial charge is 0.505 e. The summed E-state index contributed by atoms with van der Waals surface area (Å²) < 4.78 is 0. The first-order valence-corrected chi connectivity index (χ1v) is 5.19. The quantitative estimate of drug-likeness (QED) is 0.693. The molecule has 0 bridgehead atoms. The standard InChI is InChI=1S/C11H17N3O2/c1-7(2)9(12)5-14-11(16)8-3-4-13-6-10(8)15/h3-4,6-7,9,15H,5,12H2,1-2H3,(H,14,16). The lowest BCUT2D eigenvalue weighted by atomic mass is 10.1. The maximum absolute atomic E-state index is 11.6. The third-order valence-electron chi connectivity index (χ3n) is 2.40. The Morgan fingerprint density at radius 1 is 1.62 bits per heavy atom. The fraction of sp³-hybridized carbons (Fsp3) is 0.455. The SMILES string of the molecule is CC(C)C(N)CNC(=O)c1ccncc1O. The van der Waals surface area contributed by atoms with E-state index in [2.05, 4.69) is 10.3 Å². The molecule has 1 amide bonds. The molecule has 4 N–H and O–H groups in total. The highest BCUT2D eigenvalue weighted by Crippen LogP contribution is 2.13. The molecule has 16 heavy (non-hydrogen) atoms. The highest BCUT2D eigenvalue weighted by Gasteiger charge is 2.13. The van der Waals surface area contributed by atoms with E-state index in [1.54, 1.807) is 0 Å². The third kappa shape index (κ3) is 3.20. The molecule has 0 saturated heterocycles. The Labute approximate surface area is 94.7 Å². The van der Waals surface area contributed by atoms with Crippen LogP contribution in [0.2, 0.25) is 0 Å². The van der Waals surface area contributed by atoms with Crippen LogP contribution in [0.25, 0.3) is 0 Å². The number of aromatic hydroxyl groups is 1. The van der Waals surface area contributed by atoms with Gasteiger partial charge in [-0.2, -0.15) is 0 Å². The Hall–Kier alpha value is -1.62. The van der Waals surface area contributed by atoms with E-state index in [-0.39, 0.29) is 23.3 Å². The number of hydrogen-bond acceptors (Lipinski definition) is 4. The van der Waals surface area contributed by atoms with Crippen molar-refractivity contribution in [1.82, 2.24) is 10.3 Å². The van der Waals surface area contributed by atoms with E-state index in [1.165, 1.54) is 18.5 Å². The predicted molar refractivity (Wildman–Crippen MR) is 61.0 cm³/mol. The first-order chi connectivity index (χ1) is 7.52. The molecule has 0 radical (unpaired) electrons. The molecule has 0 aromatic carbocycles. The summed E-state index contributed by atoms with van der Waals surface area (Å²) in [6.07, 6.45) is 2.69. The molecule has 5 heteroatoms. The third-order valence-corrected chi connectivity index (χ3v) is 2.40. The Morgan fingerprint density at radius 2 is 2.31 bits per heavy atom. The van der Waals surface area contributed by atoms with Crippen LogP contribution in [0.4, 0.5) is 0 Å². The van der Waals surface area contributed by atoms with Crippen molar-refractivity contribution in [3.05, 3.63) is 24.0 Å². The maximum atomic E-state index is 11.6. The topological polar surface area (TPSA) is 88.2 Å². The number of carbonyl (C=O) groups is 1. The lowest BCUT2D eigenvalue weighted by molar-refractivity contribution is 0.0946. The average Bonchev–Trinajstić information content (AvgIpc) is 2.25. The Bertz CT molecular complexity index is 366. The van der Waals surface area contributed by atoms with Crippen molar-refractivity contribution in [2.24, 2.45) is 11.7 Å². The number of aromatic nitrogens is 1. The van der Waals surface area contributed by atoms with Gasteiger partial charge in [-0.25, -0.2) is 0 Å². The van der Waals surface area contributed by atoms with E-state index >= 15 is 0 Å². The molecule has 0 aliphatic heterocycles. The number of pyridine rings is 1. The van der Waals surface area contributed by atoms with Crippen LogP contribution in [-0.4, -0.2) is 28.6 Å². The number of carbonyl (C=O) groups excluding carboxylic acids is 1. The van der Waals surface area contributed by atoms with Crippen molar-refractivity contribution in [2.75, 3.05) is 6.54 Å². The highest BCUT2D eigenvalue weighted by atomic mass is 16.3. The molecule has 1 rings (SSSR count). The summed E-state index contributed by atoms with van der Waals surface area (Å²) in [5.74, 6) is -0.166. The van der Waals surface area contributed by atoms with Crippen molar-refractivity contribution in [3.63, 3.8) is 0 Å². The van der Waals surface area contributed by atoms with Gasteiger partial charge in [0.05, 0.1) is 11.8 Å². The number of nitrogens with one attached hydrogen (secondary N) is 1. The summed E-state index contributed by atoms with van der Waals surface area (Å²) >= 11 is 0. The molecular weight excluding hydrogens is 206 g/mol. The van der Waals surface area contributed by atoms with Crippen molar-refractivity contribution in [1.29, 1.82) is 0 Å². The second-order valence-corrected chi connectivity index (χ2v) is 4.01. The molecule has 1 atom stereocenters. The fourth-order valence-corrected chi connectivity index (χ4v) is 1.12. The minimum atomic E-state index is -0.337. The first kappa shape index (κ1) is 12.4. The second-order valence-electron chi connectivity index (χ2n) is 4.01. The van der Waals surface area contributed by atoms with Gasteiger partial charge in [-0.1, -0.05) is 13.8 Å². The van der Waals surface area contributed by atoms with E-state index in [1.807, 2.05) is 13.8 Å². The van der Waals surface area contributed by atoms with Crippen molar-refractivity contribution >= 4 is 5.91 Å². The van der Waals surface area contributed by atoms with Gasteiger partial charge in [0.1, 0.15) is 5.75 Å². The molecule has 0 aliphatic rings. The van der Waals surface area contributed by atoms with Gasteiger partial charge in [0, 0.05) is 18.8 Å². The number of amides is 1. The lowest BCUT2D eigenvalue weighted by Crippen LogP contribution is -2.40. The van der Waals surface area contributed by atoms with Crippen LogP contribution in [0.5, 0.6) is 5.75 Å². The fourth-order valence-electron chi connectivity index (χ4n) is 1.12. The molecule has 0 spiro atoms. The molecule has 1 heterocycles. The van der Waals surface area contributed by atoms with E-state index in [0.717, 1.165) is 0 Å². The second kappa shape index (κ2) is 5.46.